The van der Waals surface area contributed by atoms with Crippen LogP contribution in [0.15, 0.2) is 0 Å². The van der Waals surface area contributed by atoms with E-state index in [9.17, 15) is 4.21 Å². The van der Waals surface area contributed by atoms with Crippen LogP contribution in [0.25, 0.3) is 0 Å². The van der Waals surface area contributed by atoms with Crippen LogP contribution in [0.3, 0.4) is 0 Å². The maximum Gasteiger partial charge on any atom is 0.180 e. The molecule has 0 spiro atoms. The van der Waals surface area contributed by atoms with Crippen LogP contribution in [0.4, 0.5) is 0 Å². The number of hydrogen-bond acceptors (Lipinski definition) is 1. The molecule has 5 heteroatoms. The van der Waals surface area contributed by atoms with Gasteiger partial charge in [-0.05, 0) is 0 Å². The number of alkyl halides is 3. The summed E-state index contributed by atoms with van der Waals surface area (Å²) < 4.78 is 14.0. The Morgan fingerprint density at radius 3 is 1.50 bits per heavy atom. The first-order valence-electron chi connectivity index (χ1n) is 2.05. The zero-order chi connectivity index (χ0) is 8.08. The molecule has 0 bridgehead atoms. The second-order valence-corrected chi connectivity index (χ2v) is 4.15. The summed E-state index contributed by atoms with van der Waals surface area (Å²) >= 11 is 14.2. The van der Waals surface area contributed by atoms with Crippen LogP contribution >= 0.6 is 34.8 Å². The van der Waals surface area contributed by atoms with Crippen molar-refractivity contribution in [2.24, 2.45) is 0 Å². The molecule has 0 heterocycles. The molecular weight excluding hydrogens is 190 g/mol. The Kier molecular flexibility index (Phi) is 9.04. The summed E-state index contributed by atoms with van der Waals surface area (Å²) in [6.45, 7) is 0. The highest BCUT2D eigenvalue weighted by molar-refractivity contribution is 7.83. The van der Waals surface area contributed by atoms with E-state index < -0.39 is 15.1 Å². The molecule has 0 aliphatic heterocycles. The molecule has 0 unspecified atom stereocenters. The number of rotatable bonds is 0. The van der Waals surface area contributed by atoms with E-state index in [1.54, 1.807) is 12.5 Å². The third kappa shape index (κ3) is 245. The predicted molar refractivity (Wildman–Crippen MR) is 41.3 cm³/mol. The first-order valence-corrected chi connectivity index (χ1v) is 4.65. The van der Waals surface area contributed by atoms with Crippen LogP contribution < -0.4 is 0 Å². The topological polar surface area (TPSA) is 17.1 Å². The lowest BCUT2D eigenvalue weighted by atomic mass is 11.9. The number of halogens is 3. The third-order valence-electron chi connectivity index (χ3n) is 0. The summed E-state index contributed by atoms with van der Waals surface area (Å²) in [4.78, 5) is 0. The van der Waals surface area contributed by atoms with Gasteiger partial charge in [-0.2, -0.15) is 0 Å². The van der Waals surface area contributed by atoms with Crippen LogP contribution in [0.2, 0.25) is 0 Å². The molecule has 0 aromatic heterocycles. The molecule has 0 saturated carbocycles. The van der Waals surface area contributed by atoms with Crippen LogP contribution in [-0.2, 0) is 10.8 Å². The lowest BCUT2D eigenvalue weighted by Crippen LogP contribution is -1.70. The van der Waals surface area contributed by atoms with Gasteiger partial charge in [0.2, 0.25) is 0 Å². The average Bonchev–Trinajstić information content (AvgIpc) is 1.19. The molecule has 0 atom stereocenters. The van der Waals surface area contributed by atoms with E-state index in [1.807, 2.05) is 0 Å². The summed E-state index contributed by atoms with van der Waals surface area (Å²) in [7, 11) is -0.611. The fourth-order valence-electron chi connectivity index (χ4n) is 0. The summed E-state index contributed by atoms with van der Waals surface area (Å²) in [6, 6.07) is 0. The molecule has 0 aliphatic carbocycles. The van der Waals surface area contributed by atoms with E-state index >= 15 is 0 Å². The van der Waals surface area contributed by atoms with Crippen LogP contribution in [0, 0.1) is 0 Å². The third-order valence-corrected chi connectivity index (χ3v) is 0. The van der Waals surface area contributed by atoms with Crippen LogP contribution in [0.5, 0.6) is 0 Å². The van der Waals surface area contributed by atoms with Crippen molar-refractivity contribution in [1.29, 1.82) is 0 Å². The molecule has 0 radical (unpaired) electrons. The Bertz CT molecular complexity index is 81.5. The second kappa shape index (κ2) is 8.02. The van der Waals surface area contributed by atoms with E-state index in [-0.39, 0.29) is 0 Å². The van der Waals surface area contributed by atoms with Gasteiger partial charge in [-0.3, -0.25) is 4.21 Å². The first-order chi connectivity index (χ1) is 3.73. The monoisotopic (exact) mass is 197 g/mol. The maximum absolute atomic E-state index is 9.56. The second-order valence-electron chi connectivity index (χ2n) is 0.956. The van der Waals surface area contributed by atoms with E-state index in [2.05, 4.69) is 0 Å². The van der Waals surface area contributed by atoms with Gasteiger partial charge in [0.05, 0.1) is 1.37 Å². The largest absolute Gasteiger partial charge is 0.260 e. The first kappa shape index (κ1) is 9.02. The van der Waals surface area contributed by atoms with Crippen molar-refractivity contribution in [1.82, 2.24) is 0 Å². The molecule has 0 saturated heterocycles. The summed E-state index contributed by atoms with van der Waals surface area (Å²) in [5, 5.41) is 0. The van der Waals surface area contributed by atoms with Gasteiger partial charge in [0.25, 0.3) is 0 Å². The lowest BCUT2D eigenvalue weighted by Gasteiger charge is -1.69. The molecule has 52 valence electrons. The van der Waals surface area contributed by atoms with Gasteiger partial charge in [0, 0.05) is 23.3 Å². The minimum absolute atomic E-state index is 0.611. The summed E-state index contributed by atoms with van der Waals surface area (Å²) in [5.74, 6) is 0. The van der Waals surface area contributed by atoms with Gasteiger partial charge in [-0.1, -0.05) is 34.8 Å². The van der Waals surface area contributed by atoms with E-state index in [0.29, 0.717) is 0 Å². The van der Waals surface area contributed by atoms with Gasteiger partial charge in [-0.15, -0.1) is 0 Å². The molecule has 0 aromatic rings. The molecule has 0 amide bonds. The van der Waals surface area contributed by atoms with E-state index in [1.165, 1.54) is 0 Å². The zero-order valence-electron chi connectivity index (χ0n) is 5.45. The van der Waals surface area contributed by atoms with Gasteiger partial charge in [0.15, 0.2) is 4.27 Å². The smallest absolute Gasteiger partial charge is 0.180 e. The highest BCUT2D eigenvalue weighted by atomic mass is 35.6. The Labute approximate surface area is 68.2 Å². The number of hydrogen-bond donors (Lipinski definition) is 0. The fraction of sp³-hybridized carbons (Fsp3) is 1.00. The van der Waals surface area contributed by atoms with E-state index in [4.69, 9.17) is 36.2 Å². The van der Waals surface area contributed by atoms with Crippen molar-refractivity contribution in [3.8, 4) is 0 Å². The van der Waals surface area contributed by atoms with Crippen molar-refractivity contribution in [2.75, 3.05) is 12.5 Å². The fourth-order valence-corrected chi connectivity index (χ4v) is 0. The van der Waals surface area contributed by atoms with Gasteiger partial charge in [-0.25, -0.2) is 0 Å². The standard InChI is InChI=1S/C2H6OS.CHCl3/c1-4(2)3;2-1(3)4/h1-2H3;1H/i;1D. The van der Waals surface area contributed by atoms with Crippen molar-refractivity contribution >= 4 is 45.6 Å². The molecule has 0 N–H and O–H groups in total. The molecule has 0 aliphatic rings. The van der Waals surface area contributed by atoms with Crippen molar-refractivity contribution in [3.63, 3.8) is 0 Å². The summed E-state index contributed by atoms with van der Waals surface area (Å²) in [5.41, 5.74) is 0. The molecule has 0 fully saturated rings. The molecule has 0 rings (SSSR count). The Hall–Kier alpha value is 1.02. The van der Waals surface area contributed by atoms with Crippen molar-refractivity contribution in [2.45, 2.75) is 4.27 Å². The SMILES string of the molecule is CS(C)=O.[2H]C(Cl)(Cl)Cl. The Morgan fingerprint density at radius 1 is 1.50 bits per heavy atom. The minimum atomic E-state index is -1.83. The predicted octanol–water partition coefficient (Wildman–Crippen LogP) is 1.98. The average molecular weight is 199 g/mol. The molecule has 1 nitrogen and oxygen atoms in total. The normalized spacial score (nSPS) is 12.0. The minimum Gasteiger partial charge on any atom is -0.260 e. The van der Waals surface area contributed by atoms with Crippen LogP contribution in [0.1, 0.15) is 1.37 Å². The van der Waals surface area contributed by atoms with Gasteiger partial charge < -0.3 is 0 Å². The highest BCUT2D eigenvalue weighted by Gasteiger charge is 1.78. The maximum atomic E-state index is 9.56. The van der Waals surface area contributed by atoms with Crippen LogP contribution in [-0.4, -0.2) is 21.0 Å². The molecular formula is C3H7Cl3OS. The quantitative estimate of drug-likeness (QED) is 0.544. The van der Waals surface area contributed by atoms with Crippen molar-refractivity contribution in [3.05, 3.63) is 0 Å². The van der Waals surface area contributed by atoms with E-state index in [0.717, 1.165) is 0 Å². The van der Waals surface area contributed by atoms with Gasteiger partial charge in [0.1, 0.15) is 0 Å². The lowest BCUT2D eigenvalue weighted by molar-refractivity contribution is 0.690. The van der Waals surface area contributed by atoms with Crippen molar-refractivity contribution < 1.29 is 5.58 Å². The molecule has 0 aromatic carbocycles. The zero-order valence-corrected chi connectivity index (χ0v) is 7.53. The van der Waals surface area contributed by atoms with Gasteiger partial charge >= 0.3 is 0 Å². The Balaban J connectivity index is 0. The Morgan fingerprint density at radius 2 is 1.50 bits per heavy atom. The highest BCUT2D eigenvalue weighted by Crippen LogP contribution is 2.03. The molecule has 8 heavy (non-hydrogen) atoms. The summed E-state index contributed by atoms with van der Waals surface area (Å²) in [6.07, 6.45) is 3.28.